The summed E-state index contributed by atoms with van der Waals surface area (Å²) in [4.78, 5) is 13.5. The third-order valence-electron chi connectivity index (χ3n) is 10.7. The van der Waals surface area contributed by atoms with E-state index in [0.29, 0.717) is 0 Å². The quantitative estimate of drug-likeness (QED) is 0.334. The van der Waals surface area contributed by atoms with Gasteiger partial charge in [0, 0.05) is 10.8 Å². The van der Waals surface area contributed by atoms with Crippen molar-refractivity contribution in [3.63, 3.8) is 0 Å². The van der Waals surface area contributed by atoms with Gasteiger partial charge in [-0.3, -0.25) is 4.79 Å². The molecule has 0 aromatic rings. The van der Waals surface area contributed by atoms with Gasteiger partial charge in [-0.1, -0.05) is 78.1 Å². The van der Waals surface area contributed by atoms with Crippen molar-refractivity contribution in [3.8, 4) is 0 Å². The standard InChI is InChI=1S/C30H52O/c1-3-5-6-7-8-10-25-11-13-26(14-12-25)27-17-21-30(22-18-27)23-29(28(30)31)19-15-24(9-4-2)16-20-29/h24-27H,3-23H2,1-2H3. The summed E-state index contributed by atoms with van der Waals surface area (Å²) in [5, 5.41) is 0. The van der Waals surface area contributed by atoms with E-state index in [2.05, 4.69) is 13.8 Å². The minimum atomic E-state index is 0.143. The van der Waals surface area contributed by atoms with E-state index in [-0.39, 0.29) is 10.8 Å². The zero-order chi connectivity index (χ0) is 21.7. The second kappa shape index (κ2) is 10.7. The van der Waals surface area contributed by atoms with Gasteiger partial charge < -0.3 is 0 Å². The van der Waals surface area contributed by atoms with Crippen LogP contribution in [0.15, 0.2) is 0 Å². The largest absolute Gasteiger partial charge is 0.298 e. The molecule has 178 valence electrons. The third-order valence-corrected chi connectivity index (χ3v) is 10.7. The van der Waals surface area contributed by atoms with E-state index in [4.69, 9.17) is 0 Å². The topological polar surface area (TPSA) is 17.1 Å². The van der Waals surface area contributed by atoms with Crippen LogP contribution in [-0.2, 0) is 4.79 Å². The van der Waals surface area contributed by atoms with Crippen molar-refractivity contribution in [3.05, 3.63) is 0 Å². The lowest BCUT2D eigenvalue weighted by Gasteiger charge is -2.59. The minimum Gasteiger partial charge on any atom is -0.298 e. The van der Waals surface area contributed by atoms with Gasteiger partial charge in [0.25, 0.3) is 0 Å². The van der Waals surface area contributed by atoms with Gasteiger partial charge in [0.2, 0.25) is 0 Å². The van der Waals surface area contributed by atoms with Gasteiger partial charge in [-0.15, -0.1) is 0 Å². The lowest BCUT2D eigenvalue weighted by Crippen LogP contribution is -2.59. The fourth-order valence-corrected chi connectivity index (χ4v) is 8.65. The zero-order valence-electron chi connectivity index (χ0n) is 21.1. The normalized spacial score (nSPS) is 40.9. The summed E-state index contributed by atoms with van der Waals surface area (Å²) in [6, 6.07) is 0. The second-order valence-corrected chi connectivity index (χ2v) is 12.6. The predicted octanol–water partition coefficient (Wildman–Crippen LogP) is 9.28. The highest BCUT2D eigenvalue weighted by atomic mass is 16.1. The summed E-state index contributed by atoms with van der Waals surface area (Å²) in [5.74, 6) is 4.62. The number of rotatable bonds is 9. The Morgan fingerprint density at radius 3 is 1.74 bits per heavy atom. The smallest absolute Gasteiger partial charge is 0.145 e. The lowest BCUT2D eigenvalue weighted by molar-refractivity contribution is -0.169. The van der Waals surface area contributed by atoms with E-state index < -0.39 is 0 Å². The SMILES string of the molecule is CCCCCCCC1CCC(C2CCC3(CC2)CC2(CCC(CCC)CC2)C3=O)CC1. The maximum Gasteiger partial charge on any atom is 0.145 e. The van der Waals surface area contributed by atoms with E-state index in [9.17, 15) is 4.79 Å². The molecular weight excluding hydrogens is 376 g/mol. The fourth-order valence-electron chi connectivity index (χ4n) is 8.65. The third kappa shape index (κ3) is 5.27. The molecule has 4 saturated carbocycles. The van der Waals surface area contributed by atoms with Crippen molar-refractivity contribution >= 4 is 5.78 Å². The molecule has 4 aliphatic rings. The van der Waals surface area contributed by atoms with Crippen LogP contribution in [0.2, 0.25) is 0 Å². The summed E-state index contributed by atoms with van der Waals surface area (Å²) in [5.41, 5.74) is 0.288. The molecule has 0 amide bonds. The summed E-state index contributed by atoms with van der Waals surface area (Å²) in [6.45, 7) is 4.62. The molecule has 0 unspecified atom stereocenters. The van der Waals surface area contributed by atoms with Gasteiger partial charge in [-0.25, -0.2) is 0 Å². The molecule has 4 aliphatic carbocycles. The molecule has 4 fully saturated rings. The number of hydrogen-bond donors (Lipinski definition) is 0. The van der Waals surface area contributed by atoms with Crippen LogP contribution in [0.3, 0.4) is 0 Å². The van der Waals surface area contributed by atoms with Crippen LogP contribution in [0.25, 0.3) is 0 Å². The highest BCUT2D eigenvalue weighted by Crippen LogP contribution is 2.64. The van der Waals surface area contributed by atoms with Crippen molar-refractivity contribution in [1.82, 2.24) is 0 Å². The Morgan fingerprint density at radius 1 is 0.613 bits per heavy atom. The Morgan fingerprint density at radius 2 is 1.16 bits per heavy atom. The van der Waals surface area contributed by atoms with Gasteiger partial charge in [0.05, 0.1) is 0 Å². The van der Waals surface area contributed by atoms with Gasteiger partial charge in [-0.2, -0.15) is 0 Å². The van der Waals surface area contributed by atoms with Crippen LogP contribution in [0.4, 0.5) is 0 Å². The molecule has 1 nitrogen and oxygen atoms in total. The van der Waals surface area contributed by atoms with Crippen molar-refractivity contribution in [2.24, 2.45) is 34.5 Å². The van der Waals surface area contributed by atoms with Crippen LogP contribution in [0, 0.1) is 34.5 Å². The lowest BCUT2D eigenvalue weighted by atomic mass is 9.42. The van der Waals surface area contributed by atoms with E-state index in [1.807, 2.05) is 0 Å². The number of hydrogen-bond acceptors (Lipinski definition) is 1. The monoisotopic (exact) mass is 428 g/mol. The van der Waals surface area contributed by atoms with Crippen LogP contribution < -0.4 is 0 Å². The van der Waals surface area contributed by atoms with Crippen molar-refractivity contribution < 1.29 is 4.79 Å². The Bertz CT molecular complexity index is 553. The van der Waals surface area contributed by atoms with Crippen molar-refractivity contribution in [1.29, 1.82) is 0 Å². The van der Waals surface area contributed by atoms with Crippen LogP contribution in [0.5, 0.6) is 0 Å². The Labute approximate surface area is 193 Å². The van der Waals surface area contributed by atoms with Crippen molar-refractivity contribution in [2.45, 2.75) is 149 Å². The molecule has 0 aliphatic heterocycles. The van der Waals surface area contributed by atoms with Gasteiger partial charge >= 0.3 is 0 Å². The summed E-state index contributed by atoms with van der Waals surface area (Å²) in [7, 11) is 0. The van der Waals surface area contributed by atoms with Gasteiger partial charge in [-0.05, 0) is 94.3 Å². The molecule has 0 aromatic heterocycles. The molecule has 0 aromatic carbocycles. The Kier molecular flexibility index (Phi) is 8.24. The number of Topliss-reactive ketones (excluding diaryl/α,β-unsaturated/α-hetero) is 1. The molecule has 0 radical (unpaired) electrons. The molecule has 0 N–H and O–H groups in total. The predicted molar refractivity (Wildman–Crippen MR) is 132 cm³/mol. The molecule has 0 saturated heterocycles. The fraction of sp³-hybridized carbons (Fsp3) is 0.967. The van der Waals surface area contributed by atoms with Crippen LogP contribution in [-0.4, -0.2) is 5.78 Å². The average molecular weight is 429 g/mol. The highest BCUT2D eigenvalue weighted by Gasteiger charge is 2.63. The number of carbonyl (C=O) groups is 1. The average Bonchev–Trinajstić information content (AvgIpc) is 2.81. The highest BCUT2D eigenvalue weighted by molar-refractivity contribution is 5.96. The molecule has 0 bridgehead atoms. The van der Waals surface area contributed by atoms with E-state index in [1.165, 1.54) is 135 Å². The maximum atomic E-state index is 13.5. The summed E-state index contributed by atoms with van der Waals surface area (Å²) >= 11 is 0. The van der Waals surface area contributed by atoms with E-state index in [0.717, 1.165) is 29.5 Å². The molecule has 31 heavy (non-hydrogen) atoms. The van der Waals surface area contributed by atoms with E-state index in [1.54, 1.807) is 0 Å². The number of unbranched alkanes of at least 4 members (excludes halogenated alkanes) is 4. The summed E-state index contributed by atoms with van der Waals surface area (Å²) in [6.07, 6.45) is 29.0. The van der Waals surface area contributed by atoms with Crippen molar-refractivity contribution in [2.75, 3.05) is 0 Å². The van der Waals surface area contributed by atoms with Gasteiger partial charge in [0.1, 0.15) is 5.78 Å². The molecule has 2 spiro atoms. The number of ketones is 1. The second-order valence-electron chi connectivity index (χ2n) is 12.6. The first-order valence-electron chi connectivity index (χ1n) is 14.7. The molecule has 0 heterocycles. The molecule has 0 atom stereocenters. The first kappa shape index (κ1) is 23.8. The van der Waals surface area contributed by atoms with Crippen LogP contribution in [0.1, 0.15) is 149 Å². The Balaban J connectivity index is 1.16. The Hall–Kier alpha value is -0.330. The molecule has 1 heteroatoms. The van der Waals surface area contributed by atoms with Crippen LogP contribution >= 0.6 is 0 Å². The number of carbonyl (C=O) groups excluding carboxylic acids is 1. The molecular formula is C30H52O. The first-order chi connectivity index (χ1) is 15.1. The zero-order valence-corrected chi connectivity index (χ0v) is 21.1. The maximum absolute atomic E-state index is 13.5. The molecule has 4 rings (SSSR count). The van der Waals surface area contributed by atoms with Gasteiger partial charge in [0.15, 0.2) is 0 Å². The van der Waals surface area contributed by atoms with E-state index >= 15 is 0 Å². The summed E-state index contributed by atoms with van der Waals surface area (Å²) < 4.78 is 0. The first-order valence-corrected chi connectivity index (χ1v) is 14.7. The minimum absolute atomic E-state index is 0.143.